The standard InChI is InChI=1S/C26H30N4OS/c1-21(24-13-19-32-20-24)27-28-25(31)12-14-29-15-17-30(18-16-29)26(22-8-4-2-5-9-22)23-10-6-3-7-11-23/h2-11,13,19-20,26H,12,14-18H2,1H3,(H,28,31)/b27-21+. The summed E-state index contributed by atoms with van der Waals surface area (Å²) < 4.78 is 0. The van der Waals surface area contributed by atoms with Gasteiger partial charge in [-0.2, -0.15) is 16.4 Å². The Morgan fingerprint density at radius 3 is 2.16 bits per heavy atom. The van der Waals surface area contributed by atoms with Gasteiger partial charge in [-0.15, -0.1) is 0 Å². The van der Waals surface area contributed by atoms with E-state index in [2.05, 4.69) is 81.0 Å². The van der Waals surface area contributed by atoms with Crippen LogP contribution in [-0.4, -0.2) is 54.1 Å². The molecule has 5 nitrogen and oxygen atoms in total. The lowest BCUT2D eigenvalue weighted by Gasteiger charge is -2.39. The number of hydrogen-bond donors (Lipinski definition) is 1. The van der Waals surface area contributed by atoms with E-state index in [0.717, 1.165) is 44.0 Å². The van der Waals surface area contributed by atoms with Crippen LogP contribution >= 0.6 is 11.3 Å². The van der Waals surface area contributed by atoms with Gasteiger partial charge < -0.3 is 4.90 Å². The highest BCUT2D eigenvalue weighted by molar-refractivity contribution is 7.08. The Bertz CT molecular complexity index is 957. The molecule has 6 heteroatoms. The number of carbonyl (C=O) groups excluding carboxylic acids is 1. The third-order valence-electron chi connectivity index (χ3n) is 5.95. The predicted octanol–water partition coefficient (Wildman–Crippen LogP) is 4.39. The Labute approximate surface area is 194 Å². The summed E-state index contributed by atoms with van der Waals surface area (Å²) in [5, 5.41) is 8.27. The van der Waals surface area contributed by atoms with Gasteiger partial charge in [0, 0.05) is 44.7 Å². The van der Waals surface area contributed by atoms with E-state index < -0.39 is 0 Å². The summed E-state index contributed by atoms with van der Waals surface area (Å²) in [5.74, 6) is -0.0338. The van der Waals surface area contributed by atoms with Crippen LogP contribution in [0.2, 0.25) is 0 Å². The molecule has 1 saturated heterocycles. The normalized spacial score (nSPS) is 15.8. The van der Waals surface area contributed by atoms with Crippen molar-refractivity contribution in [3.63, 3.8) is 0 Å². The highest BCUT2D eigenvalue weighted by Crippen LogP contribution is 2.29. The van der Waals surface area contributed by atoms with E-state index in [1.165, 1.54) is 11.1 Å². The lowest BCUT2D eigenvalue weighted by Crippen LogP contribution is -2.48. The van der Waals surface area contributed by atoms with Crippen LogP contribution in [0.3, 0.4) is 0 Å². The van der Waals surface area contributed by atoms with Gasteiger partial charge in [-0.25, -0.2) is 5.43 Å². The Kier molecular flexibility index (Phi) is 7.82. The number of benzene rings is 2. The summed E-state index contributed by atoms with van der Waals surface area (Å²) in [6.45, 7) is 6.55. The van der Waals surface area contributed by atoms with Gasteiger partial charge in [-0.1, -0.05) is 60.7 Å². The van der Waals surface area contributed by atoms with Crippen LogP contribution in [0, 0.1) is 0 Å². The van der Waals surface area contributed by atoms with E-state index in [0.29, 0.717) is 6.42 Å². The van der Waals surface area contributed by atoms with E-state index in [-0.39, 0.29) is 11.9 Å². The zero-order valence-electron chi connectivity index (χ0n) is 18.5. The monoisotopic (exact) mass is 446 g/mol. The van der Waals surface area contributed by atoms with Gasteiger partial charge in [0.1, 0.15) is 0 Å². The Morgan fingerprint density at radius 2 is 1.59 bits per heavy atom. The molecule has 166 valence electrons. The average Bonchev–Trinajstić information content (AvgIpc) is 3.39. The highest BCUT2D eigenvalue weighted by atomic mass is 32.1. The zero-order chi connectivity index (χ0) is 22.2. The molecule has 0 unspecified atom stereocenters. The molecular weight excluding hydrogens is 416 g/mol. The molecule has 2 heterocycles. The number of rotatable bonds is 8. The first-order valence-electron chi connectivity index (χ1n) is 11.1. The molecule has 1 aliphatic rings. The van der Waals surface area contributed by atoms with Crippen molar-refractivity contribution in [1.82, 2.24) is 15.2 Å². The quantitative estimate of drug-likeness (QED) is 0.413. The van der Waals surface area contributed by atoms with Gasteiger partial charge in [-0.3, -0.25) is 9.69 Å². The smallest absolute Gasteiger partial charge is 0.241 e. The number of hydrazone groups is 1. The van der Waals surface area contributed by atoms with Crippen LogP contribution in [0.5, 0.6) is 0 Å². The SMILES string of the molecule is C/C(=N\NC(=O)CCN1CCN(C(c2ccccc2)c2ccccc2)CC1)c1ccsc1. The molecule has 1 aromatic heterocycles. The van der Waals surface area contributed by atoms with Crippen LogP contribution in [0.4, 0.5) is 0 Å². The third-order valence-corrected chi connectivity index (χ3v) is 6.63. The van der Waals surface area contributed by atoms with Crippen LogP contribution in [0.15, 0.2) is 82.6 Å². The van der Waals surface area contributed by atoms with E-state index in [1.807, 2.05) is 23.8 Å². The first-order valence-corrected chi connectivity index (χ1v) is 12.1. The minimum absolute atomic E-state index is 0.0338. The molecule has 0 atom stereocenters. The van der Waals surface area contributed by atoms with Crippen molar-refractivity contribution in [3.05, 3.63) is 94.2 Å². The summed E-state index contributed by atoms with van der Waals surface area (Å²) >= 11 is 1.63. The van der Waals surface area contributed by atoms with Crippen molar-refractivity contribution >= 4 is 23.0 Å². The second-order valence-corrected chi connectivity index (χ2v) is 8.88. The van der Waals surface area contributed by atoms with Gasteiger partial charge in [0.2, 0.25) is 5.91 Å². The van der Waals surface area contributed by atoms with Gasteiger partial charge in [0.15, 0.2) is 0 Å². The maximum absolute atomic E-state index is 12.2. The fraction of sp³-hybridized carbons (Fsp3) is 0.308. The maximum Gasteiger partial charge on any atom is 0.241 e. The first-order chi connectivity index (χ1) is 15.7. The highest BCUT2D eigenvalue weighted by Gasteiger charge is 2.26. The third kappa shape index (κ3) is 5.91. The van der Waals surface area contributed by atoms with Crippen molar-refractivity contribution in [3.8, 4) is 0 Å². The molecule has 1 N–H and O–H groups in total. The second kappa shape index (κ2) is 11.2. The number of nitrogens with zero attached hydrogens (tertiary/aromatic N) is 3. The fourth-order valence-corrected chi connectivity index (χ4v) is 4.83. The van der Waals surface area contributed by atoms with Crippen molar-refractivity contribution < 1.29 is 4.79 Å². The minimum Gasteiger partial charge on any atom is -0.300 e. The van der Waals surface area contributed by atoms with Gasteiger partial charge in [0.25, 0.3) is 0 Å². The molecule has 1 aliphatic heterocycles. The number of piperazine rings is 1. The van der Waals surface area contributed by atoms with E-state index in [4.69, 9.17) is 0 Å². The molecule has 32 heavy (non-hydrogen) atoms. The van der Waals surface area contributed by atoms with Crippen LogP contribution < -0.4 is 5.43 Å². The summed E-state index contributed by atoms with van der Waals surface area (Å²) in [5.41, 5.74) is 7.23. The molecule has 1 fully saturated rings. The minimum atomic E-state index is -0.0338. The number of amides is 1. The Morgan fingerprint density at radius 1 is 0.969 bits per heavy atom. The molecule has 0 radical (unpaired) electrons. The summed E-state index contributed by atoms with van der Waals surface area (Å²) in [7, 11) is 0. The number of nitrogens with one attached hydrogen (secondary N) is 1. The maximum atomic E-state index is 12.2. The van der Waals surface area contributed by atoms with Crippen molar-refractivity contribution in [1.29, 1.82) is 0 Å². The Balaban J connectivity index is 1.29. The largest absolute Gasteiger partial charge is 0.300 e. The van der Waals surface area contributed by atoms with Crippen LogP contribution in [0.1, 0.15) is 36.1 Å². The van der Waals surface area contributed by atoms with Crippen molar-refractivity contribution in [2.75, 3.05) is 32.7 Å². The van der Waals surface area contributed by atoms with Gasteiger partial charge >= 0.3 is 0 Å². The lowest BCUT2D eigenvalue weighted by atomic mass is 9.96. The summed E-state index contributed by atoms with van der Waals surface area (Å²) in [4.78, 5) is 17.2. The van der Waals surface area contributed by atoms with Crippen LogP contribution in [0.25, 0.3) is 0 Å². The molecule has 1 amide bonds. The van der Waals surface area contributed by atoms with Crippen molar-refractivity contribution in [2.24, 2.45) is 5.10 Å². The molecular formula is C26H30N4OS. The molecule has 0 saturated carbocycles. The number of thiophene rings is 1. The van der Waals surface area contributed by atoms with Gasteiger partial charge in [-0.05, 0) is 34.9 Å². The number of hydrogen-bond acceptors (Lipinski definition) is 5. The van der Waals surface area contributed by atoms with E-state index >= 15 is 0 Å². The summed E-state index contributed by atoms with van der Waals surface area (Å²) in [6.07, 6.45) is 0.460. The second-order valence-electron chi connectivity index (χ2n) is 8.10. The number of carbonyl (C=O) groups is 1. The summed E-state index contributed by atoms with van der Waals surface area (Å²) in [6, 6.07) is 23.7. The molecule has 0 aliphatic carbocycles. The van der Waals surface area contributed by atoms with Crippen molar-refractivity contribution in [2.45, 2.75) is 19.4 Å². The van der Waals surface area contributed by atoms with Crippen LogP contribution in [-0.2, 0) is 4.79 Å². The first kappa shape index (κ1) is 22.4. The predicted molar refractivity (Wildman–Crippen MR) is 132 cm³/mol. The lowest BCUT2D eigenvalue weighted by molar-refractivity contribution is -0.121. The van der Waals surface area contributed by atoms with E-state index in [1.54, 1.807) is 11.3 Å². The molecule has 2 aromatic carbocycles. The van der Waals surface area contributed by atoms with E-state index in [9.17, 15) is 4.79 Å². The Hall–Kier alpha value is -2.80. The average molecular weight is 447 g/mol. The molecule has 0 bridgehead atoms. The molecule has 0 spiro atoms. The zero-order valence-corrected chi connectivity index (χ0v) is 19.3. The topological polar surface area (TPSA) is 47.9 Å². The molecule has 4 rings (SSSR count). The molecule has 3 aromatic rings. The van der Waals surface area contributed by atoms with Gasteiger partial charge in [0.05, 0.1) is 11.8 Å². The fourth-order valence-electron chi connectivity index (χ4n) is 4.13.